The number of rotatable bonds is 3. The van der Waals surface area contributed by atoms with Gasteiger partial charge in [-0.2, -0.15) is 0 Å². The number of H-pyrrole nitrogens is 1. The summed E-state index contributed by atoms with van der Waals surface area (Å²) in [5, 5.41) is 13.2. The number of amides is 3. The third-order valence-corrected chi connectivity index (χ3v) is 2.61. The van der Waals surface area contributed by atoms with Gasteiger partial charge in [-0.1, -0.05) is 0 Å². The zero-order valence-electron chi connectivity index (χ0n) is 9.60. The first-order valence-electron chi connectivity index (χ1n) is 5.40. The number of aromatic nitrogens is 2. The Morgan fingerprint density at radius 3 is 2.79 bits per heavy atom. The first-order valence-corrected chi connectivity index (χ1v) is 5.40. The number of hydrogen-bond donors (Lipinski definition) is 4. The first kappa shape index (κ1) is 12.7. The number of carboxylic acids is 1. The Hall–Kier alpha value is -2.71. The summed E-state index contributed by atoms with van der Waals surface area (Å²) in [5.41, 5.74) is -0.665. The summed E-state index contributed by atoms with van der Waals surface area (Å²) in [6.07, 6.45) is 1.36. The third-order valence-electron chi connectivity index (χ3n) is 2.61. The van der Waals surface area contributed by atoms with E-state index in [0.29, 0.717) is 0 Å². The second kappa shape index (κ2) is 4.88. The van der Waals surface area contributed by atoms with Gasteiger partial charge in [0.05, 0.1) is 6.33 Å². The van der Waals surface area contributed by atoms with Gasteiger partial charge in [-0.05, 0) is 6.42 Å². The molecule has 0 radical (unpaired) electrons. The molecule has 1 atom stereocenters. The molecule has 1 aromatic rings. The predicted molar refractivity (Wildman–Crippen MR) is 59.2 cm³/mol. The van der Waals surface area contributed by atoms with E-state index >= 15 is 0 Å². The van der Waals surface area contributed by atoms with Crippen LogP contribution in [0.3, 0.4) is 0 Å². The van der Waals surface area contributed by atoms with Gasteiger partial charge in [-0.15, -0.1) is 0 Å². The van der Waals surface area contributed by atoms with Crippen LogP contribution in [0.15, 0.2) is 6.33 Å². The van der Waals surface area contributed by atoms with Crippen molar-refractivity contribution in [2.24, 2.45) is 0 Å². The number of nitrogens with one attached hydrogen (secondary N) is 3. The van der Waals surface area contributed by atoms with E-state index in [1.165, 1.54) is 0 Å². The van der Waals surface area contributed by atoms with Gasteiger partial charge in [0, 0.05) is 6.42 Å². The first-order chi connectivity index (χ1) is 8.99. The Kier molecular flexibility index (Phi) is 3.27. The van der Waals surface area contributed by atoms with E-state index in [1.807, 2.05) is 0 Å². The summed E-state index contributed by atoms with van der Waals surface area (Å²) >= 11 is 0. The Morgan fingerprint density at radius 2 is 2.16 bits per heavy atom. The van der Waals surface area contributed by atoms with Crippen molar-refractivity contribution in [3.05, 3.63) is 17.7 Å². The summed E-state index contributed by atoms with van der Waals surface area (Å²) < 4.78 is 0. The Balaban J connectivity index is 2.09. The molecule has 2 rings (SSSR count). The number of piperidine rings is 1. The fraction of sp³-hybridized carbons (Fsp3) is 0.300. The van der Waals surface area contributed by atoms with Gasteiger partial charge in [-0.3, -0.25) is 19.7 Å². The molecule has 9 nitrogen and oxygen atoms in total. The molecule has 9 heteroatoms. The summed E-state index contributed by atoms with van der Waals surface area (Å²) in [7, 11) is 0. The molecule has 1 unspecified atom stereocenters. The van der Waals surface area contributed by atoms with Crippen LogP contribution in [0.25, 0.3) is 0 Å². The van der Waals surface area contributed by atoms with E-state index in [1.54, 1.807) is 0 Å². The van der Waals surface area contributed by atoms with Crippen LogP contribution >= 0.6 is 0 Å². The fourth-order valence-corrected chi connectivity index (χ4v) is 1.69. The van der Waals surface area contributed by atoms with Gasteiger partial charge in [0.1, 0.15) is 6.04 Å². The van der Waals surface area contributed by atoms with Crippen LogP contribution in [0.1, 0.15) is 33.8 Å². The SMILES string of the molecule is O=C1CCC(NC(=O)c2nc[nH]c2C(=O)O)C(=O)N1. The molecule has 1 fully saturated rings. The number of imidazole rings is 1. The molecule has 0 aliphatic carbocycles. The van der Waals surface area contributed by atoms with Crippen LogP contribution in [0.5, 0.6) is 0 Å². The number of nitrogens with zero attached hydrogens (tertiary/aromatic N) is 1. The zero-order chi connectivity index (χ0) is 14.0. The Morgan fingerprint density at radius 1 is 1.42 bits per heavy atom. The van der Waals surface area contributed by atoms with E-state index in [2.05, 4.69) is 20.6 Å². The smallest absolute Gasteiger partial charge is 0.354 e. The fourth-order valence-electron chi connectivity index (χ4n) is 1.69. The van der Waals surface area contributed by atoms with E-state index in [9.17, 15) is 19.2 Å². The standard InChI is InChI=1S/C10H10N4O5/c15-5-2-1-4(8(16)14-5)13-9(17)6-7(10(18)19)12-3-11-6/h3-4H,1-2H2,(H,11,12)(H,13,17)(H,18,19)(H,14,15,16). The minimum Gasteiger partial charge on any atom is -0.477 e. The molecule has 1 aromatic heterocycles. The summed E-state index contributed by atoms with van der Waals surface area (Å²) in [6.45, 7) is 0. The average Bonchev–Trinajstić information content (AvgIpc) is 2.82. The number of carboxylic acid groups (broad SMARTS) is 1. The Bertz CT molecular complexity index is 564. The molecule has 0 saturated carbocycles. The minimum atomic E-state index is -1.33. The van der Waals surface area contributed by atoms with Crippen LogP contribution in [0, 0.1) is 0 Å². The second-order valence-electron chi connectivity index (χ2n) is 3.91. The monoisotopic (exact) mass is 266 g/mol. The minimum absolute atomic E-state index is 0.114. The largest absolute Gasteiger partial charge is 0.477 e. The van der Waals surface area contributed by atoms with Crippen molar-refractivity contribution >= 4 is 23.7 Å². The van der Waals surface area contributed by atoms with Gasteiger partial charge in [0.2, 0.25) is 11.8 Å². The van der Waals surface area contributed by atoms with E-state index in [4.69, 9.17) is 5.11 Å². The van der Waals surface area contributed by atoms with Crippen LogP contribution < -0.4 is 10.6 Å². The molecule has 19 heavy (non-hydrogen) atoms. The summed E-state index contributed by atoms with van der Waals surface area (Å²) in [4.78, 5) is 50.9. The Labute approximate surface area is 106 Å². The lowest BCUT2D eigenvalue weighted by atomic mass is 10.1. The van der Waals surface area contributed by atoms with Crippen molar-refractivity contribution in [3.8, 4) is 0 Å². The zero-order valence-corrected chi connectivity index (χ0v) is 9.60. The van der Waals surface area contributed by atoms with Crippen LogP contribution in [-0.4, -0.2) is 44.8 Å². The lowest BCUT2D eigenvalue weighted by Gasteiger charge is -2.21. The normalized spacial score (nSPS) is 18.8. The van der Waals surface area contributed by atoms with Crippen molar-refractivity contribution in [2.45, 2.75) is 18.9 Å². The summed E-state index contributed by atoms with van der Waals surface area (Å²) in [6, 6.07) is -0.872. The van der Waals surface area contributed by atoms with E-state index in [0.717, 1.165) is 6.33 Å². The molecule has 3 amide bonds. The highest BCUT2D eigenvalue weighted by Gasteiger charge is 2.30. The molecule has 1 aliphatic heterocycles. The molecular weight excluding hydrogens is 256 g/mol. The van der Waals surface area contributed by atoms with Crippen molar-refractivity contribution in [1.29, 1.82) is 0 Å². The van der Waals surface area contributed by atoms with Gasteiger partial charge in [0.25, 0.3) is 5.91 Å². The molecule has 2 heterocycles. The molecule has 1 aliphatic rings. The van der Waals surface area contributed by atoms with Crippen molar-refractivity contribution in [1.82, 2.24) is 20.6 Å². The van der Waals surface area contributed by atoms with Crippen molar-refractivity contribution < 1.29 is 24.3 Å². The number of hydrogen-bond acceptors (Lipinski definition) is 5. The quantitative estimate of drug-likeness (QED) is 0.498. The number of imide groups is 1. The lowest BCUT2D eigenvalue weighted by molar-refractivity contribution is -0.134. The lowest BCUT2D eigenvalue weighted by Crippen LogP contribution is -2.52. The molecule has 4 N–H and O–H groups in total. The molecule has 0 aromatic carbocycles. The van der Waals surface area contributed by atoms with Crippen LogP contribution in [0.2, 0.25) is 0 Å². The van der Waals surface area contributed by atoms with Gasteiger partial charge < -0.3 is 15.4 Å². The maximum absolute atomic E-state index is 11.8. The second-order valence-corrected chi connectivity index (χ2v) is 3.91. The summed E-state index contributed by atoms with van der Waals surface area (Å²) in [5.74, 6) is -3.13. The van der Waals surface area contributed by atoms with Gasteiger partial charge in [0.15, 0.2) is 11.4 Å². The maximum Gasteiger partial charge on any atom is 0.354 e. The molecule has 0 spiro atoms. The van der Waals surface area contributed by atoms with Crippen LogP contribution in [0.4, 0.5) is 0 Å². The highest BCUT2D eigenvalue weighted by atomic mass is 16.4. The van der Waals surface area contributed by atoms with Gasteiger partial charge >= 0.3 is 5.97 Å². The number of carbonyl (C=O) groups excluding carboxylic acids is 3. The average molecular weight is 266 g/mol. The molecule has 100 valence electrons. The molecular formula is C10H10N4O5. The third kappa shape index (κ3) is 2.59. The van der Waals surface area contributed by atoms with E-state index < -0.39 is 29.7 Å². The van der Waals surface area contributed by atoms with Crippen molar-refractivity contribution in [3.63, 3.8) is 0 Å². The van der Waals surface area contributed by atoms with Gasteiger partial charge in [-0.25, -0.2) is 9.78 Å². The number of aromatic carboxylic acids is 1. The van der Waals surface area contributed by atoms with Crippen LogP contribution in [-0.2, 0) is 9.59 Å². The maximum atomic E-state index is 11.8. The highest BCUT2D eigenvalue weighted by Crippen LogP contribution is 2.07. The topological polar surface area (TPSA) is 141 Å². The predicted octanol–water partition coefficient (Wildman–Crippen LogP) is -1.36. The van der Waals surface area contributed by atoms with E-state index in [-0.39, 0.29) is 24.2 Å². The highest BCUT2D eigenvalue weighted by molar-refractivity contribution is 6.06. The van der Waals surface area contributed by atoms with Crippen molar-refractivity contribution in [2.75, 3.05) is 0 Å². The molecule has 1 saturated heterocycles. The molecule has 0 bridgehead atoms. The number of carbonyl (C=O) groups is 4. The number of aromatic amines is 1.